The summed E-state index contributed by atoms with van der Waals surface area (Å²) >= 11 is 1.84. The van der Waals surface area contributed by atoms with E-state index >= 15 is 0 Å². The Morgan fingerprint density at radius 1 is 1.17 bits per heavy atom. The lowest BCUT2D eigenvalue weighted by molar-refractivity contribution is 0.712. The first-order valence-electron chi connectivity index (χ1n) is 7.93. The van der Waals surface area contributed by atoms with Crippen LogP contribution in [0.5, 0.6) is 0 Å². The van der Waals surface area contributed by atoms with E-state index in [0.717, 1.165) is 36.4 Å². The average Bonchev–Trinajstić information content (AvgIpc) is 2.97. The van der Waals surface area contributed by atoms with E-state index in [9.17, 15) is 0 Å². The molecule has 0 bridgehead atoms. The largest absolute Gasteiger partial charge is 0.351 e. The van der Waals surface area contributed by atoms with Gasteiger partial charge in [-0.15, -0.1) is 11.3 Å². The van der Waals surface area contributed by atoms with Crippen LogP contribution in [0.3, 0.4) is 0 Å². The second-order valence-electron chi connectivity index (χ2n) is 6.28. The van der Waals surface area contributed by atoms with Gasteiger partial charge in [0.05, 0.1) is 17.2 Å². The van der Waals surface area contributed by atoms with Crippen molar-refractivity contribution in [3.8, 4) is 0 Å². The molecule has 0 N–H and O–H groups in total. The van der Waals surface area contributed by atoms with Crippen LogP contribution in [0.15, 0.2) is 18.5 Å². The van der Waals surface area contributed by atoms with Gasteiger partial charge in [0, 0.05) is 36.2 Å². The fraction of sp³-hybridized carbons (Fsp3) is 0.412. The topological polar surface area (TPSA) is 54.8 Å². The van der Waals surface area contributed by atoms with Crippen molar-refractivity contribution in [3.05, 3.63) is 39.6 Å². The summed E-state index contributed by atoms with van der Waals surface area (Å²) in [5.41, 5.74) is 3.99. The molecule has 0 saturated carbocycles. The van der Waals surface area contributed by atoms with Gasteiger partial charge in [0.25, 0.3) is 0 Å². The summed E-state index contributed by atoms with van der Waals surface area (Å²) in [5.74, 6) is 1.51. The number of fused-ring (bicyclic) bond motifs is 2. The molecule has 0 spiro atoms. The molecule has 0 radical (unpaired) electrons. The van der Waals surface area contributed by atoms with Gasteiger partial charge < -0.3 is 4.90 Å². The highest BCUT2D eigenvalue weighted by molar-refractivity contribution is 7.11. The maximum atomic E-state index is 4.80. The van der Waals surface area contributed by atoms with E-state index in [0.29, 0.717) is 11.6 Å². The van der Waals surface area contributed by atoms with Gasteiger partial charge in [0.15, 0.2) is 5.65 Å². The van der Waals surface area contributed by atoms with Crippen LogP contribution in [0.1, 0.15) is 40.9 Å². The predicted molar refractivity (Wildman–Crippen MR) is 93.0 cm³/mol. The van der Waals surface area contributed by atoms with E-state index in [2.05, 4.69) is 41.7 Å². The summed E-state index contributed by atoms with van der Waals surface area (Å²) in [5, 5.41) is 1.24. The van der Waals surface area contributed by atoms with E-state index in [-0.39, 0.29) is 0 Å². The number of thiazole rings is 1. The van der Waals surface area contributed by atoms with Crippen molar-refractivity contribution in [1.29, 1.82) is 0 Å². The monoisotopic (exact) mass is 325 g/mol. The highest BCUT2D eigenvalue weighted by Gasteiger charge is 2.23. The molecule has 5 nitrogen and oxygen atoms in total. The first-order valence-corrected chi connectivity index (χ1v) is 8.75. The standard InChI is InChI=1S/C17H19N5S/c1-10(2)17-20-12-4-7-22(9-14(12)23-17)16-11(3)8-13-15(21-16)19-6-5-18-13/h5-6,8,10H,4,7,9H2,1-3H3. The molecular formula is C17H19N5S. The lowest BCUT2D eigenvalue weighted by Crippen LogP contribution is -2.31. The molecule has 0 atom stereocenters. The van der Waals surface area contributed by atoms with Crippen LogP contribution in [0.25, 0.3) is 11.2 Å². The molecule has 3 aromatic heterocycles. The number of anilines is 1. The maximum absolute atomic E-state index is 4.80. The van der Waals surface area contributed by atoms with Gasteiger partial charge in [-0.1, -0.05) is 13.8 Å². The van der Waals surface area contributed by atoms with Gasteiger partial charge in [0.1, 0.15) is 11.3 Å². The highest BCUT2D eigenvalue weighted by Crippen LogP contribution is 2.32. The normalized spacial score (nSPS) is 14.5. The van der Waals surface area contributed by atoms with Crippen molar-refractivity contribution in [3.63, 3.8) is 0 Å². The van der Waals surface area contributed by atoms with Crippen LogP contribution in [-0.2, 0) is 13.0 Å². The first kappa shape index (κ1) is 14.5. The van der Waals surface area contributed by atoms with Gasteiger partial charge in [0.2, 0.25) is 0 Å². The minimum absolute atomic E-state index is 0.495. The molecule has 0 amide bonds. The van der Waals surface area contributed by atoms with Crippen molar-refractivity contribution < 1.29 is 0 Å². The quantitative estimate of drug-likeness (QED) is 0.722. The Morgan fingerprint density at radius 2 is 2.00 bits per heavy atom. The number of rotatable bonds is 2. The van der Waals surface area contributed by atoms with E-state index in [4.69, 9.17) is 9.97 Å². The van der Waals surface area contributed by atoms with Crippen molar-refractivity contribution >= 4 is 28.3 Å². The number of aryl methyl sites for hydroxylation is 1. The van der Waals surface area contributed by atoms with E-state index in [1.165, 1.54) is 15.6 Å². The molecule has 0 aliphatic carbocycles. The molecule has 0 saturated heterocycles. The van der Waals surface area contributed by atoms with Gasteiger partial charge in [-0.2, -0.15) is 0 Å². The molecule has 1 aliphatic rings. The van der Waals surface area contributed by atoms with Gasteiger partial charge in [-0.05, 0) is 18.6 Å². The zero-order valence-corrected chi connectivity index (χ0v) is 14.4. The third-order valence-electron chi connectivity index (χ3n) is 4.17. The molecule has 118 valence electrons. The van der Waals surface area contributed by atoms with E-state index in [1.54, 1.807) is 12.4 Å². The summed E-state index contributed by atoms with van der Waals surface area (Å²) in [7, 11) is 0. The van der Waals surface area contributed by atoms with Crippen LogP contribution in [-0.4, -0.2) is 26.5 Å². The Balaban J connectivity index is 1.70. The SMILES string of the molecule is Cc1cc2nccnc2nc1N1CCc2nc(C(C)C)sc2C1. The molecule has 0 fully saturated rings. The number of pyridine rings is 1. The van der Waals surface area contributed by atoms with Crippen molar-refractivity contribution in [2.24, 2.45) is 0 Å². The van der Waals surface area contributed by atoms with E-state index in [1.807, 2.05) is 11.3 Å². The van der Waals surface area contributed by atoms with Crippen molar-refractivity contribution in [2.75, 3.05) is 11.4 Å². The molecule has 0 aromatic carbocycles. The minimum Gasteiger partial charge on any atom is -0.351 e. The van der Waals surface area contributed by atoms with Gasteiger partial charge in [-0.25, -0.2) is 15.0 Å². The Bertz CT molecular complexity index is 871. The Hall–Kier alpha value is -2.08. The lowest BCUT2D eigenvalue weighted by Gasteiger charge is -2.28. The smallest absolute Gasteiger partial charge is 0.180 e. The van der Waals surface area contributed by atoms with Crippen molar-refractivity contribution in [2.45, 2.75) is 39.7 Å². The summed E-state index contributed by atoms with van der Waals surface area (Å²) < 4.78 is 0. The third kappa shape index (κ3) is 2.57. The fourth-order valence-corrected chi connectivity index (χ4v) is 4.08. The number of hydrogen-bond donors (Lipinski definition) is 0. The zero-order chi connectivity index (χ0) is 16.0. The molecule has 6 heteroatoms. The molecule has 4 heterocycles. The van der Waals surface area contributed by atoms with Crippen LogP contribution in [0, 0.1) is 6.92 Å². The van der Waals surface area contributed by atoms with Crippen LogP contribution in [0.4, 0.5) is 5.82 Å². The van der Waals surface area contributed by atoms with Crippen LogP contribution >= 0.6 is 11.3 Å². The maximum Gasteiger partial charge on any atom is 0.180 e. The average molecular weight is 325 g/mol. The summed E-state index contributed by atoms with van der Waals surface area (Å²) in [6.45, 7) is 8.34. The van der Waals surface area contributed by atoms with Crippen LogP contribution in [0.2, 0.25) is 0 Å². The third-order valence-corrected chi connectivity index (χ3v) is 5.55. The van der Waals surface area contributed by atoms with Gasteiger partial charge >= 0.3 is 0 Å². The summed E-state index contributed by atoms with van der Waals surface area (Å²) in [4.78, 5) is 21.9. The first-order chi connectivity index (χ1) is 11.1. The van der Waals surface area contributed by atoms with Crippen LogP contribution < -0.4 is 4.90 Å². The molecule has 0 unspecified atom stereocenters. The zero-order valence-electron chi connectivity index (χ0n) is 13.6. The highest BCUT2D eigenvalue weighted by atomic mass is 32.1. The molecule has 3 aromatic rings. The number of hydrogen-bond acceptors (Lipinski definition) is 6. The predicted octanol–water partition coefficient (Wildman–Crippen LogP) is 3.48. The molecule has 23 heavy (non-hydrogen) atoms. The molecule has 1 aliphatic heterocycles. The molecular weight excluding hydrogens is 306 g/mol. The van der Waals surface area contributed by atoms with Crippen molar-refractivity contribution in [1.82, 2.24) is 19.9 Å². The summed E-state index contributed by atoms with van der Waals surface area (Å²) in [6, 6.07) is 2.08. The Labute approximate surface area is 139 Å². The van der Waals surface area contributed by atoms with Gasteiger partial charge in [-0.3, -0.25) is 4.98 Å². The Kier molecular flexibility index (Phi) is 3.49. The second-order valence-corrected chi connectivity index (χ2v) is 7.39. The number of aromatic nitrogens is 4. The second kappa shape index (κ2) is 5.53. The lowest BCUT2D eigenvalue weighted by atomic mass is 10.1. The number of nitrogens with zero attached hydrogens (tertiary/aromatic N) is 5. The minimum atomic E-state index is 0.495. The molecule has 4 rings (SSSR count). The fourth-order valence-electron chi connectivity index (χ4n) is 2.95. The van der Waals surface area contributed by atoms with E-state index < -0.39 is 0 Å². The summed E-state index contributed by atoms with van der Waals surface area (Å²) in [6.07, 6.45) is 4.39. The Morgan fingerprint density at radius 3 is 2.83 bits per heavy atom.